The number of aromatic nitrogens is 1. The highest BCUT2D eigenvalue weighted by molar-refractivity contribution is 6.35. The van der Waals surface area contributed by atoms with Gasteiger partial charge < -0.3 is 10.3 Å². The zero-order valence-corrected chi connectivity index (χ0v) is 11.7. The van der Waals surface area contributed by atoms with Crippen molar-refractivity contribution >= 4 is 34.0 Å². The predicted octanol–water partition coefficient (Wildman–Crippen LogP) is 3.64. The molecule has 0 unspecified atom stereocenters. The summed E-state index contributed by atoms with van der Waals surface area (Å²) in [6.07, 6.45) is 1.83. The lowest BCUT2D eigenvalue weighted by molar-refractivity contribution is 0.104. The molecule has 0 amide bonds. The SMILES string of the molecule is Cn1cc(C(=O)c2cc(N)ccc2Cl)c2ccccc21. The van der Waals surface area contributed by atoms with Gasteiger partial charge in [-0.25, -0.2) is 0 Å². The molecule has 0 saturated carbocycles. The van der Waals surface area contributed by atoms with Crippen molar-refractivity contribution in [2.75, 3.05) is 5.73 Å². The van der Waals surface area contributed by atoms with E-state index in [0.717, 1.165) is 10.9 Å². The van der Waals surface area contributed by atoms with E-state index in [1.807, 2.05) is 42.1 Å². The molecule has 0 radical (unpaired) electrons. The standard InChI is InChI=1S/C16H13ClN2O/c1-19-9-13(11-4-2-3-5-15(11)19)16(20)12-8-10(18)6-7-14(12)17/h2-9H,18H2,1H3. The lowest BCUT2D eigenvalue weighted by atomic mass is 10.0. The molecule has 0 fully saturated rings. The number of fused-ring (bicyclic) bond motifs is 1. The third kappa shape index (κ3) is 1.96. The fraction of sp³-hybridized carbons (Fsp3) is 0.0625. The van der Waals surface area contributed by atoms with Crippen molar-refractivity contribution < 1.29 is 4.79 Å². The highest BCUT2D eigenvalue weighted by atomic mass is 35.5. The van der Waals surface area contributed by atoms with Gasteiger partial charge in [-0.05, 0) is 24.3 Å². The second-order valence-electron chi connectivity index (χ2n) is 4.74. The van der Waals surface area contributed by atoms with Crippen LogP contribution in [0.1, 0.15) is 15.9 Å². The molecule has 1 heterocycles. The first-order chi connectivity index (χ1) is 9.58. The highest BCUT2D eigenvalue weighted by Crippen LogP contribution is 2.27. The Morgan fingerprint density at radius 1 is 1.15 bits per heavy atom. The molecule has 0 spiro atoms. The van der Waals surface area contributed by atoms with Gasteiger partial charge in [-0.1, -0.05) is 29.8 Å². The first-order valence-corrected chi connectivity index (χ1v) is 6.59. The van der Waals surface area contributed by atoms with E-state index in [9.17, 15) is 4.79 Å². The Morgan fingerprint density at radius 2 is 1.90 bits per heavy atom. The van der Waals surface area contributed by atoms with Crippen LogP contribution in [0.4, 0.5) is 5.69 Å². The number of anilines is 1. The Kier molecular flexibility index (Phi) is 2.99. The third-order valence-corrected chi connectivity index (χ3v) is 3.71. The Labute approximate surface area is 121 Å². The van der Waals surface area contributed by atoms with E-state index >= 15 is 0 Å². The fourth-order valence-electron chi connectivity index (χ4n) is 2.38. The van der Waals surface area contributed by atoms with Crippen LogP contribution in [0.3, 0.4) is 0 Å². The number of nitrogen functional groups attached to an aromatic ring is 1. The molecule has 20 heavy (non-hydrogen) atoms. The predicted molar refractivity (Wildman–Crippen MR) is 82.2 cm³/mol. The van der Waals surface area contributed by atoms with Crippen LogP contribution in [0.5, 0.6) is 0 Å². The van der Waals surface area contributed by atoms with E-state index < -0.39 is 0 Å². The molecule has 0 saturated heterocycles. The summed E-state index contributed by atoms with van der Waals surface area (Å²) in [5.41, 5.74) is 8.35. The quantitative estimate of drug-likeness (QED) is 0.577. The van der Waals surface area contributed by atoms with Crippen molar-refractivity contribution in [1.29, 1.82) is 0 Å². The Balaban J connectivity index is 2.20. The number of para-hydroxylation sites is 1. The van der Waals surface area contributed by atoms with Crippen molar-refractivity contribution in [2.45, 2.75) is 0 Å². The summed E-state index contributed by atoms with van der Waals surface area (Å²) in [5, 5.41) is 1.33. The fourth-order valence-corrected chi connectivity index (χ4v) is 2.59. The zero-order valence-electron chi connectivity index (χ0n) is 10.9. The van der Waals surface area contributed by atoms with Gasteiger partial charge in [0, 0.05) is 41.0 Å². The number of ketones is 1. The lowest BCUT2D eigenvalue weighted by Gasteiger charge is -2.04. The molecule has 3 nitrogen and oxygen atoms in total. The van der Waals surface area contributed by atoms with Crippen LogP contribution in [-0.4, -0.2) is 10.4 Å². The van der Waals surface area contributed by atoms with E-state index in [4.69, 9.17) is 17.3 Å². The van der Waals surface area contributed by atoms with E-state index in [2.05, 4.69) is 0 Å². The van der Waals surface area contributed by atoms with Gasteiger partial charge in [0.25, 0.3) is 0 Å². The van der Waals surface area contributed by atoms with Crippen LogP contribution in [0, 0.1) is 0 Å². The van der Waals surface area contributed by atoms with Crippen molar-refractivity contribution in [3.8, 4) is 0 Å². The van der Waals surface area contributed by atoms with Gasteiger partial charge >= 0.3 is 0 Å². The van der Waals surface area contributed by atoms with Crippen LogP contribution < -0.4 is 5.73 Å². The number of carbonyl (C=O) groups is 1. The van der Waals surface area contributed by atoms with E-state index in [0.29, 0.717) is 21.8 Å². The summed E-state index contributed by atoms with van der Waals surface area (Å²) < 4.78 is 1.93. The van der Waals surface area contributed by atoms with Crippen LogP contribution in [0.15, 0.2) is 48.7 Å². The number of hydrogen-bond donors (Lipinski definition) is 1. The molecule has 2 N–H and O–H groups in total. The van der Waals surface area contributed by atoms with Gasteiger partial charge in [0.2, 0.25) is 0 Å². The van der Waals surface area contributed by atoms with Crippen LogP contribution in [0.2, 0.25) is 5.02 Å². The average molecular weight is 285 g/mol. The molecule has 1 aromatic heterocycles. The summed E-state index contributed by atoms with van der Waals surface area (Å²) in [7, 11) is 1.92. The minimum absolute atomic E-state index is 0.112. The Morgan fingerprint density at radius 3 is 2.70 bits per heavy atom. The summed E-state index contributed by atoms with van der Waals surface area (Å²) in [6, 6.07) is 12.7. The maximum atomic E-state index is 12.7. The molecule has 4 heteroatoms. The number of aryl methyl sites for hydroxylation is 1. The second kappa shape index (κ2) is 4.69. The average Bonchev–Trinajstić information content (AvgIpc) is 2.79. The number of halogens is 1. The lowest BCUT2D eigenvalue weighted by Crippen LogP contribution is -2.02. The van der Waals surface area contributed by atoms with Crippen molar-refractivity contribution in [1.82, 2.24) is 4.57 Å². The molecule has 3 rings (SSSR count). The van der Waals surface area contributed by atoms with Crippen LogP contribution in [0.25, 0.3) is 10.9 Å². The summed E-state index contributed by atoms with van der Waals surface area (Å²) in [5.74, 6) is -0.112. The number of hydrogen-bond acceptors (Lipinski definition) is 2. The highest BCUT2D eigenvalue weighted by Gasteiger charge is 2.18. The largest absolute Gasteiger partial charge is 0.399 e. The molecule has 2 aromatic carbocycles. The molecule has 0 aliphatic heterocycles. The van der Waals surface area contributed by atoms with Gasteiger partial charge in [0.1, 0.15) is 0 Å². The number of nitrogens with two attached hydrogens (primary N) is 1. The van der Waals surface area contributed by atoms with Crippen molar-refractivity contribution in [2.24, 2.45) is 7.05 Å². The molecule has 100 valence electrons. The smallest absolute Gasteiger partial charge is 0.196 e. The van der Waals surface area contributed by atoms with Crippen LogP contribution >= 0.6 is 11.6 Å². The molecular weight excluding hydrogens is 272 g/mol. The van der Waals surface area contributed by atoms with Gasteiger partial charge in [0.05, 0.1) is 5.02 Å². The van der Waals surface area contributed by atoms with Gasteiger partial charge in [-0.3, -0.25) is 4.79 Å². The molecule has 0 aliphatic rings. The first-order valence-electron chi connectivity index (χ1n) is 6.21. The number of benzene rings is 2. The topological polar surface area (TPSA) is 48.0 Å². The monoisotopic (exact) mass is 284 g/mol. The maximum absolute atomic E-state index is 12.7. The summed E-state index contributed by atoms with van der Waals surface area (Å²) in [6.45, 7) is 0. The normalized spacial score (nSPS) is 10.9. The first kappa shape index (κ1) is 12.8. The minimum atomic E-state index is -0.112. The minimum Gasteiger partial charge on any atom is -0.399 e. The van der Waals surface area contributed by atoms with Gasteiger partial charge in [-0.15, -0.1) is 0 Å². The van der Waals surface area contributed by atoms with Crippen molar-refractivity contribution in [3.05, 3.63) is 64.8 Å². The summed E-state index contributed by atoms with van der Waals surface area (Å²) >= 11 is 6.12. The maximum Gasteiger partial charge on any atom is 0.196 e. The van der Waals surface area contributed by atoms with Crippen LogP contribution in [-0.2, 0) is 7.05 Å². The number of nitrogens with zero attached hydrogens (tertiary/aromatic N) is 1. The molecule has 0 aliphatic carbocycles. The van der Waals surface area contributed by atoms with Gasteiger partial charge in [0.15, 0.2) is 5.78 Å². The zero-order chi connectivity index (χ0) is 14.3. The molecule has 3 aromatic rings. The van der Waals surface area contributed by atoms with Gasteiger partial charge in [-0.2, -0.15) is 0 Å². The molecule has 0 atom stereocenters. The van der Waals surface area contributed by atoms with E-state index in [1.165, 1.54) is 0 Å². The number of carbonyl (C=O) groups excluding carboxylic acids is 1. The second-order valence-corrected chi connectivity index (χ2v) is 5.15. The van der Waals surface area contributed by atoms with E-state index in [-0.39, 0.29) is 5.78 Å². The number of rotatable bonds is 2. The van der Waals surface area contributed by atoms with E-state index in [1.54, 1.807) is 18.2 Å². The molecular formula is C16H13ClN2O. The summed E-state index contributed by atoms with van der Waals surface area (Å²) in [4.78, 5) is 12.7. The third-order valence-electron chi connectivity index (χ3n) is 3.38. The molecule has 0 bridgehead atoms. The Hall–Kier alpha value is -2.26. The Bertz CT molecular complexity index is 820. The van der Waals surface area contributed by atoms with Crippen molar-refractivity contribution in [3.63, 3.8) is 0 Å².